The van der Waals surface area contributed by atoms with Gasteiger partial charge in [0.05, 0.1) is 0 Å². The zero-order valence-corrected chi connectivity index (χ0v) is 8.13. The maximum Gasteiger partial charge on any atom is 0.0300 e. The smallest absolute Gasteiger partial charge is 0.0300 e. The van der Waals surface area contributed by atoms with Gasteiger partial charge in [0, 0.05) is 26.2 Å². The maximum atomic E-state index is 3.78. The van der Waals surface area contributed by atoms with Crippen LogP contribution in [-0.2, 0) is 0 Å². The van der Waals surface area contributed by atoms with Crippen molar-refractivity contribution in [3.05, 3.63) is 12.8 Å². The molecule has 0 amide bonds. The molecule has 2 nitrogen and oxygen atoms in total. The number of rotatable bonds is 4. The monoisotopic (exact) mass is 168 g/mol. The van der Waals surface area contributed by atoms with E-state index in [1.807, 2.05) is 6.20 Å². The first-order valence-corrected chi connectivity index (χ1v) is 4.95. The van der Waals surface area contributed by atoms with Gasteiger partial charge >= 0.3 is 0 Å². The molecule has 0 N–H and O–H groups in total. The SMILES string of the molecule is C=CN1CCN(CCCC)CC1. The third-order valence-corrected chi connectivity index (χ3v) is 2.49. The van der Waals surface area contributed by atoms with E-state index in [1.165, 1.54) is 32.5 Å². The Morgan fingerprint density at radius 1 is 1.25 bits per heavy atom. The fourth-order valence-electron chi connectivity index (χ4n) is 1.55. The van der Waals surface area contributed by atoms with E-state index in [0.29, 0.717) is 0 Å². The summed E-state index contributed by atoms with van der Waals surface area (Å²) in [6, 6.07) is 0. The summed E-state index contributed by atoms with van der Waals surface area (Å²) >= 11 is 0. The Balaban J connectivity index is 2.12. The molecule has 0 bridgehead atoms. The highest BCUT2D eigenvalue weighted by molar-refractivity contribution is 4.78. The van der Waals surface area contributed by atoms with Gasteiger partial charge in [-0.25, -0.2) is 0 Å². The molecule has 0 radical (unpaired) electrons. The quantitative estimate of drug-likeness (QED) is 0.628. The van der Waals surface area contributed by atoms with Crippen LogP contribution in [0.2, 0.25) is 0 Å². The predicted molar refractivity (Wildman–Crippen MR) is 53.1 cm³/mol. The average Bonchev–Trinajstić information content (AvgIpc) is 2.15. The molecule has 2 heteroatoms. The van der Waals surface area contributed by atoms with E-state index in [1.54, 1.807) is 0 Å². The molecule has 0 saturated carbocycles. The van der Waals surface area contributed by atoms with Crippen molar-refractivity contribution in [2.45, 2.75) is 19.8 Å². The van der Waals surface area contributed by atoms with Gasteiger partial charge in [-0.2, -0.15) is 0 Å². The molecule has 1 saturated heterocycles. The fourth-order valence-corrected chi connectivity index (χ4v) is 1.55. The van der Waals surface area contributed by atoms with Gasteiger partial charge in [-0.15, -0.1) is 0 Å². The molecule has 1 aliphatic heterocycles. The highest BCUT2D eigenvalue weighted by atomic mass is 15.2. The van der Waals surface area contributed by atoms with Crippen molar-refractivity contribution < 1.29 is 0 Å². The first kappa shape index (κ1) is 9.59. The Kier molecular flexibility index (Phi) is 4.15. The molecule has 0 atom stereocenters. The van der Waals surface area contributed by atoms with Gasteiger partial charge in [-0.1, -0.05) is 19.9 Å². The van der Waals surface area contributed by atoms with Crippen LogP contribution >= 0.6 is 0 Å². The van der Waals surface area contributed by atoms with E-state index in [0.717, 1.165) is 13.1 Å². The van der Waals surface area contributed by atoms with Crippen molar-refractivity contribution >= 4 is 0 Å². The normalized spacial score (nSPS) is 19.6. The van der Waals surface area contributed by atoms with E-state index >= 15 is 0 Å². The second-order valence-electron chi connectivity index (χ2n) is 3.41. The minimum absolute atomic E-state index is 1.16. The van der Waals surface area contributed by atoms with E-state index in [2.05, 4.69) is 23.3 Å². The Hall–Kier alpha value is -0.500. The van der Waals surface area contributed by atoms with Crippen molar-refractivity contribution in [2.75, 3.05) is 32.7 Å². The van der Waals surface area contributed by atoms with Gasteiger partial charge in [-0.05, 0) is 19.2 Å². The molecule has 0 aromatic heterocycles. The minimum atomic E-state index is 1.16. The summed E-state index contributed by atoms with van der Waals surface area (Å²) in [5.74, 6) is 0. The van der Waals surface area contributed by atoms with Crippen molar-refractivity contribution in [1.29, 1.82) is 0 Å². The largest absolute Gasteiger partial charge is 0.375 e. The van der Waals surface area contributed by atoms with Crippen LogP contribution in [0.5, 0.6) is 0 Å². The number of hydrogen-bond acceptors (Lipinski definition) is 2. The number of piperazine rings is 1. The molecular weight excluding hydrogens is 148 g/mol. The van der Waals surface area contributed by atoms with Crippen molar-refractivity contribution in [1.82, 2.24) is 9.80 Å². The van der Waals surface area contributed by atoms with E-state index in [4.69, 9.17) is 0 Å². The van der Waals surface area contributed by atoms with Gasteiger partial charge in [0.1, 0.15) is 0 Å². The summed E-state index contributed by atoms with van der Waals surface area (Å²) in [5.41, 5.74) is 0. The summed E-state index contributed by atoms with van der Waals surface area (Å²) in [4.78, 5) is 4.84. The molecular formula is C10H20N2. The summed E-state index contributed by atoms with van der Waals surface area (Å²) in [5, 5.41) is 0. The summed E-state index contributed by atoms with van der Waals surface area (Å²) in [7, 11) is 0. The molecule has 1 aliphatic rings. The number of hydrogen-bond donors (Lipinski definition) is 0. The van der Waals surface area contributed by atoms with Crippen LogP contribution in [0, 0.1) is 0 Å². The molecule has 1 rings (SSSR count). The number of unbranched alkanes of at least 4 members (excludes halogenated alkanes) is 1. The molecule has 0 unspecified atom stereocenters. The first-order chi connectivity index (χ1) is 5.86. The lowest BCUT2D eigenvalue weighted by Gasteiger charge is -2.33. The lowest BCUT2D eigenvalue weighted by atomic mass is 10.2. The van der Waals surface area contributed by atoms with Crippen LogP contribution in [0.25, 0.3) is 0 Å². The van der Waals surface area contributed by atoms with E-state index < -0.39 is 0 Å². The van der Waals surface area contributed by atoms with E-state index in [9.17, 15) is 0 Å². The Morgan fingerprint density at radius 3 is 2.42 bits per heavy atom. The molecule has 1 heterocycles. The standard InChI is InChI=1S/C10H20N2/c1-3-5-6-12-9-7-11(4-2)8-10-12/h4H,2-3,5-10H2,1H3. The van der Waals surface area contributed by atoms with Crippen molar-refractivity contribution in [2.24, 2.45) is 0 Å². The third-order valence-electron chi connectivity index (χ3n) is 2.49. The molecule has 0 aromatic rings. The highest BCUT2D eigenvalue weighted by Crippen LogP contribution is 2.02. The van der Waals surface area contributed by atoms with Gasteiger partial charge in [0.15, 0.2) is 0 Å². The molecule has 0 spiro atoms. The molecule has 1 fully saturated rings. The zero-order valence-electron chi connectivity index (χ0n) is 8.13. The van der Waals surface area contributed by atoms with E-state index in [-0.39, 0.29) is 0 Å². The number of nitrogens with zero attached hydrogens (tertiary/aromatic N) is 2. The summed E-state index contributed by atoms with van der Waals surface area (Å²) in [6.07, 6.45) is 4.60. The van der Waals surface area contributed by atoms with Crippen LogP contribution in [0.1, 0.15) is 19.8 Å². The molecule has 70 valence electrons. The Bertz CT molecular complexity index is 126. The Morgan fingerprint density at radius 2 is 1.92 bits per heavy atom. The van der Waals surface area contributed by atoms with Crippen molar-refractivity contribution in [3.8, 4) is 0 Å². The third kappa shape index (κ3) is 2.86. The predicted octanol–water partition coefficient (Wildman–Crippen LogP) is 1.55. The lowest BCUT2D eigenvalue weighted by Crippen LogP contribution is -2.44. The van der Waals surface area contributed by atoms with Gasteiger partial charge in [0.25, 0.3) is 0 Å². The average molecular weight is 168 g/mol. The second-order valence-corrected chi connectivity index (χ2v) is 3.41. The first-order valence-electron chi connectivity index (χ1n) is 4.95. The highest BCUT2D eigenvalue weighted by Gasteiger charge is 2.12. The van der Waals surface area contributed by atoms with Gasteiger partial charge in [0.2, 0.25) is 0 Å². The molecule has 12 heavy (non-hydrogen) atoms. The van der Waals surface area contributed by atoms with Crippen molar-refractivity contribution in [3.63, 3.8) is 0 Å². The second kappa shape index (κ2) is 5.20. The summed E-state index contributed by atoms with van der Waals surface area (Å²) < 4.78 is 0. The van der Waals surface area contributed by atoms with Gasteiger partial charge < -0.3 is 4.90 Å². The minimum Gasteiger partial charge on any atom is -0.375 e. The molecule has 0 aromatic carbocycles. The maximum absolute atomic E-state index is 3.78. The van der Waals surface area contributed by atoms with Crippen LogP contribution in [0.3, 0.4) is 0 Å². The van der Waals surface area contributed by atoms with Crippen LogP contribution < -0.4 is 0 Å². The molecule has 0 aliphatic carbocycles. The zero-order chi connectivity index (χ0) is 8.81. The lowest BCUT2D eigenvalue weighted by molar-refractivity contribution is 0.167. The van der Waals surface area contributed by atoms with Crippen LogP contribution in [0.15, 0.2) is 12.8 Å². The van der Waals surface area contributed by atoms with Crippen LogP contribution in [0.4, 0.5) is 0 Å². The Labute approximate surface area is 75.8 Å². The fraction of sp³-hybridized carbons (Fsp3) is 0.800. The summed E-state index contributed by atoms with van der Waals surface area (Å²) in [6.45, 7) is 12.1. The van der Waals surface area contributed by atoms with Gasteiger partial charge in [-0.3, -0.25) is 4.90 Å². The van der Waals surface area contributed by atoms with Crippen LogP contribution in [-0.4, -0.2) is 42.5 Å². The topological polar surface area (TPSA) is 6.48 Å².